The van der Waals surface area contributed by atoms with Crippen molar-refractivity contribution in [3.8, 4) is 0 Å². The molecule has 4 heteroatoms. The highest BCUT2D eigenvalue weighted by atomic mass is 16.5. The summed E-state index contributed by atoms with van der Waals surface area (Å²) in [7, 11) is 0. The Balaban J connectivity index is 1.84. The van der Waals surface area contributed by atoms with Crippen LogP contribution in [0, 0.1) is 0 Å². The summed E-state index contributed by atoms with van der Waals surface area (Å²) in [5.41, 5.74) is 0.104. The lowest BCUT2D eigenvalue weighted by molar-refractivity contribution is 0.213. The first kappa shape index (κ1) is 11.2. The molecule has 4 nitrogen and oxygen atoms in total. The van der Waals surface area contributed by atoms with E-state index in [9.17, 15) is 0 Å². The largest absolute Gasteiger partial charge is 0.339 e. The smallest absolute Gasteiger partial charge is 0.234 e. The van der Waals surface area contributed by atoms with Gasteiger partial charge in [0.25, 0.3) is 0 Å². The lowest BCUT2D eigenvalue weighted by atomic mass is 9.77. The highest BCUT2D eigenvalue weighted by molar-refractivity contribution is 5.12. The number of aromatic nitrogens is 2. The number of rotatable bonds is 4. The van der Waals surface area contributed by atoms with Crippen molar-refractivity contribution in [3.05, 3.63) is 11.7 Å². The third-order valence-corrected chi connectivity index (χ3v) is 4.04. The number of hydrogen-bond acceptors (Lipinski definition) is 4. The van der Waals surface area contributed by atoms with E-state index in [0.29, 0.717) is 5.92 Å². The molecule has 0 amide bonds. The van der Waals surface area contributed by atoms with Crippen molar-refractivity contribution in [3.63, 3.8) is 0 Å². The molecule has 1 saturated heterocycles. The van der Waals surface area contributed by atoms with Gasteiger partial charge in [-0.1, -0.05) is 18.5 Å². The highest BCUT2D eigenvalue weighted by Gasteiger charge is 2.40. The van der Waals surface area contributed by atoms with Gasteiger partial charge >= 0.3 is 0 Å². The standard InChI is InChI=1S/C13H21N3O/c1-2-6-13(7-3-8-14-9-13)12-15-11(16-17-12)10-4-5-10/h10,14H,2-9H2,1H3. The van der Waals surface area contributed by atoms with Gasteiger partial charge in [0.05, 0.1) is 5.41 Å². The van der Waals surface area contributed by atoms with Crippen molar-refractivity contribution >= 4 is 0 Å². The summed E-state index contributed by atoms with van der Waals surface area (Å²) in [6.45, 7) is 4.34. The van der Waals surface area contributed by atoms with Crippen molar-refractivity contribution < 1.29 is 4.52 Å². The van der Waals surface area contributed by atoms with Crippen LogP contribution in [0.15, 0.2) is 4.52 Å². The molecule has 3 rings (SSSR count). The molecule has 1 aromatic heterocycles. The minimum absolute atomic E-state index is 0.104. The van der Waals surface area contributed by atoms with Gasteiger partial charge < -0.3 is 9.84 Å². The Labute approximate surface area is 102 Å². The number of hydrogen-bond donors (Lipinski definition) is 1. The van der Waals surface area contributed by atoms with Gasteiger partial charge in [-0.25, -0.2) is 0 Å². The fraction of sp³-hybridized carbons (Fsp3) is 0.846. The van der Waals surface area contributed by atoms with E-state index < -0.39 is 0 Å². The zero-order chi connectivity index (χ0) is 11.7. The van der Waals surface area contributed by atoms with E-state index in [2.05, 4.69) is 22.4 Å². The maximum Gasteiger partial charge on any atom is 0.234 e. The fourth-order valence-electron chi connectivity index (χ4n) is 2.91. The van der Waals surface area contributed by atoms with E-state index in [4.69, 9.17) is 4.52 Å². The Hall–Kier alpha value is -0.900. The first-order valence-corrected chi connectivity index (χ1v) is 6.89. The molecule has 0 radical (unpaired) electrons. The minimum Gasteiger partial charge on any atom is -0.339 e. The van der Waals surface area contributed by atoms with E-state index in [-0.39, 0.29) is 5.41 Å². The van der Waals surface area contributed by atoms with Gasteiger partial charge in [-0.2, -0.15) is 4.98 Å². The normalized spacial score (nSPS) is 29.5. The Bertz CT molecular complexity index is 372. The summed E-state index contributed by atoms with van der Waals surface area (Å²) in [5.74, 6) is 2.41. The Morgan fingerprint density at radius 2 is 2.35 bits per heavy atom. The van der Waals surface area contributed by atoms with Crippen LogP contribution >= 0.6 is 0 Å². The Morgan fingerprint density at radius 1 is 1.47 bits per heavy atom. The quantitative estimate of drug-likeness (QED) is 0.870. The Morgan fingerprint density at radius 3 is 3.00 bits per heavy atom. The summed E-state index contributed by atoms with van der Waals surface area (Å²) in [4.78, 5) is 4.67. The summed E-state index contributed by atoms with van der Waals surface area (Å²) >= 11 is 0. The van der Waals surface area contributed by atoms with Crippen LogP contribution in [-0.2, 0) is 5.41 Å². The third-order valence-electron chi connectivity index (χ3n) is 4.04. The van der Waals surface area contributed by atoms with Crippen molar-refractivity contribution in [2.24, 2.45) is 0 Å². The summed E-state index contributed by atoms with van der Waals surface area (Å²) in [6.07, 6.45) is 7.17. The van der Waals surface area contributed by atoms with Gasteiger partial charge in [0, 0.05) is 12.5 Å². The van der Waals surface area contributed by atoms with E-state index >= 15 is 0 Å². The summed E-state index contributed by atoms with van der Waals surface area (Å²) in [5, 5.41) is 7.65. The maximum absolute atomic E-state index is 5.56. The second-order valence-corrected chi connectivity index (χ2v) is 5.54. The second kappa shape index (κ2) is 4.41. The van der Waals surface area contributed by atoms with E-state index in [1.165, 1.54) is 32.1 Å². The second-order valence-electron chi connectivity index (χ2n) is 5.54. The molecule has 1 saturated carbocycles. The number of nitrogens with one attached hydrogen (secondary N) is 1. The molecular formula is C13H21N3O. The van der Waals surface area contributed by atoms with E-state index in [0.717, 1.165) is 31.2 Å². The molecule has 0 bridgehead atoms. The van der Waals surface area contributed by atoms with Crippen LogP contribution in [0.25, 0.3) is 0 Å². The first-order chi connectivity index (χ1) is 8.34. The van der Waals surface area contributed by atoms with Crippen LogP contribution in [-0.4, -0.2) is 23.2 Å². The van der Waals surface area contributed by atoms with Gasteiger partial charge in [-0.15, -0.1) is 0 Å². The minimum atomic E-state index is 0.104. The SMILES string of the molecule is CCCC1(c2nc(C3CC3)no2)CCCNC1. The molecule has 0 spiro atoms. The molecule has 2 fully saturated rings. The molecule has 0 aromatic carbocycles. The molecule has 1 unspecified atom stereocenters. The van der Waals surface area contributed by atoms with Crippen molar-refractivity contribution in [1.29, 1.82) is 0 Å². The van der Waals surface area contributed by atoms with Gasteiger partial charge in [0.1, 0.15) is 0 Å². The fourth-order valence-corrected chi connectivity index (χ4v) is 2.91. The maximum atomic E-state index is 5.56. The molecule has 1 aliphatic heterocycles. The molecular weight excluding hydrogens is 214 g/mol. The summed E-state index contributed by atoms with van der Waals surface area (Å²) in [6, 6.07) is 0. The lowest BCUT2D eigenvalue weighted by Gasteiger charge is -2.34. The molecule has 2 aliphatic rings. The molecule has 2 heterocycles. The monoisotopic (exact) mass is 235 g/mol. The van der Waals surface area contributed by atoms with E-state index in [1.54, 1.807) is 0 Å². The van der Waals surface area contributed by atoms with Crippen LogP contribution in [0.1, 0.15) is 63.1 Å². The van der Waals surface area contributed by atoms with Crippen LogP contribution in [0.5, 0.6) is 0 Å². The van der Waals surface area contributed by atoms with Gasteiger partial charge in [0.15, 0.2) is 5.82 Å². The lowest BCUT2D eigenvalue weighted by Crippen LogP contribution is -2.43. The number of nitrogens with zero attached hydrogens (tertiary/aromatic N) is 2. The van der Waals surface area contributed by atoms with Crippen molar-refractivity contribution in [1.82, 2.24) is 15.5 Å². The van der Waals surface area contributed by atoms with E-state index in [1.807, 2.05) is 0 Å². The molecule has 1 N–H and O–H groups in total. The van der Waals surface area contributed by atoms with Crippen LogP contribution in [0.3, 0.4) is 0 Å². The third kappa shape index (κ3) is 2.10. The molecule has 17 heavy (non-hydrogen) atoms. The van der Waals surface area contributed by atoms with Crippen molar-refractivity contribution in [2.45, 2.75) is 56.8 Å². The highest BCUT2D eigenvalue weighted by Crippen LogP contribution is 2.40. The predicted octanol–water partition coefficient (Wildman–Crippen LogP) is 2.37. The molecule has 1 aliphatic carbocycles. The molecule has 94 valence electrons. The zero-order valence-electron chi connectivity index (χ0n) is 10.5. The predicted molar refractivity (Wildman–Crippen MR) is 65.0 cm³/mol. The van der Waals surface area contributed by atoms with Crippen LogP contribution in [0.2, 0.25) is 0 Å². The van der Waals surface area contributed by atoms with Crippen molar-refractivity contribution in [2.75, 3.05) is 13.1 Å². The zero-order valence-corrected chi connectivity index (χ0v) is 10.5. The molecule has 1 aromatic rings. The number of piperidine rings is 1. The topological polar surface area (TPSA) is 51.0 Å². The van der Waals surface area contributed by atoms with Gasteiger partial charge in [-0.3, -0.25) is 0 Å². The van der Waals surface area contributed by atoms with Crippen LogP contribution < -0.4 is 5.32 Å². The molecule has 1 atom stereocenters. The summed E-state index contributed by atoms with van der Waals surface area (Å²) < 4.78 is 5.56. The first-order valence-electron chi connectivity index (χ1n) is 6.89. The Kier molecular flexibility index (Phi) is 2.90. The average molecular weight is 235 g/mol. The van der Waals surface area contributed by atoms with Gasteiger partial charge in [-0.05, 0) is 38.6 Å². The van der Waals surface area contributed by atoms with Gasteiger partial charge in [0.2, 0.25) is 5.89 Å². The van der Waals surface area contributed by atoms with Crippen LogP contribution in [0.4, 0.5) is 0 Å². The average Bonchev–Trinajstić information content (AvgIpc) is 3.08.